The summed E-state index contributed by atoms with van der Waals surface area (Å²) in [6.07, 6.45) is 1.31. The monoisotopic (exact) mass is 212 g/mol. The molecule has 0 saturated heterocycles. The van der Waals surface area contributed by atoms with Crippen LogP contribution in [0.15, 0.2) is 10.7 Å². The highest BCUT2D eigenvalue weighted by atomic mass is 16.5. The second-order valence-electron chi connectivity index (χ2n) is 3.44. The summed E-state index contributed by atoms with van der Waals surface area (Å²) in [5.74, 6) is -0.454. The zero-order valence-electron chi connectivity index (χ0n) is 9.48. The minimum absolute atomic E-state index is 0.208. The van der Waals surface area contributed by atoms with Crippen LogP contribution in [0.1, 0.15) is 31.3 Å². The molecule has 1 rings (SSSR count). The summed E-state index contributed by atoms with van der Waals surface area (Å²) >= 11 is 0. The second-order valence-corrected chi connectivity index (χ2v) is 3.44. The Hall–Kier alpha value is -1.52. The van der Waals surface area contributed by atoms with Crippen molar-refractivity contribution in [2.75, 3.05) is 18.6 Å². The molecule has 5 nitrogen and oxygen atoms in total. The van der Waals surface area contributed by atoms with Crippen molar-refractivity contribution in [1.82, 2.24) is 4.98 Å². The summed E-state index contributed by atoms with van der Waals surface area (Å²) < 4.78 is 9.97. The molecule has 15 heavy (non-hydrogen) atoms. The number of aromatic nitrogens is 1. The van der Waals surface area contributed by atoms with Crippen molar-refractivity contribution >= 4 is 12.0 Å². The van der Waals surface area contributed by atoms with Crippen molar-refractivity contribution in [2.24, 2.45) is 0 Å². The van der Waals surface area contributed by atoms with Gasteiger partial charge in [0.15, 0.2) is 5.69 Å². The van der Waals surface area contributed by atoms with E-state index in [4.69, 9.17) is 9.15 Å². The van der Waals surface area contributed by atoms with Gasteiger partial charge in [0.1, 0.15) is 6.26 Å². The number of nitrogens with zero attached hydrogens (tertiary/aromatic N) is 2. The van der Waals surface area contributed by atoms with Gasteiger partial charge in [-0.3, -0.25) is 0 Å². The second kappa shape index (κ2) is 4.82. The molecule has 0 spiro atoms. The van der Waals surface area contributed by atoms with Crippen molar-refractivity contribution in [3.63, 3.8) is 0 Å². The van der Waals surface area contributed by atoms with Crippen molar-refractivity contribution in [1.29, 1.82) is 0 Å². The lowest BCUT2D eigenvalue weighted by molar-refractivity contribution is 0.0519. The molecule has 1 aromatic heterocycles. The van der Waals surface area contributed by atoms with Gasteiger partial charge in [0.05, 0.1) is 6.61 Å². The molecule has 0 amide bonds. The molecule has 0 aliphatic heterocycles. The van der Waals surface area contributed by atoms with E-state index in [1.54, 1.807) is 6.92 Å². The van der Waals surface area contributed by atoms with Crippen LogP contribution in [0.25, 0.3) is 0 Å². The molecular weight excluding hydrogens is 196 g/mol. The van der Waals surface area contributed by atoms with Gasteiger partial charge in [-0.1, -0.05) is 0 Å². The Morgan fingerprint density at radius 2 is 2.33 bits per heavy atom. The fraction of sp³-hybridized carbons (Fsp3) is 0.600. The first kappa shape index (κ1) is 11.6. The fourth-order valence-corrected chi connectivity index (χ4v) is 0.946. The van der Waals surface area contributed by atoms with Gasteiger partial charge >= 0.3 is 5.97 Å². The number of carbonyl (C=O) groups is 1. The van der Waals surface area contributed by atoms with Crippen molar-refractivity contribution in [2.45, 2.75) is 26.8 Å². The Bertz CT molecular complexity index is 333. The molecule has 0 N–H and O–H groups in total. The van der Waals surface area contributed by atoms with Gasteiger partial charge < -0.3 is 14.1 Å². The number of rotatable bonds is 4. The van der Waals surface area contributed by atoms with E-state index in [1.165, 1.54) is 6.26 Å². The molecule has 0 aromatic carbocycles. The van der Waals surface area contributed by atoms with E-state index in [1.807, 2.05) is 25.8 Å². The molecule has 84 valence electrons. The van der Waals surface area contributed by atoms with Gasteiger partial charge in [0.2, 0.25) is 0 Å². The first-order valence-electron chi connectivity index (χ1n) is 4.91. The number of hydrogen-bond acceptors (Lipinski definition) is 5. The van der Waals surface area contributed by atoms with E-state index < -0.39 is 5.97 Å². The quantitative estimate of drug-likeness (QED) is 0.711. The largest absolute Gasteiger partial charge is 0.461 e. The van der Waals surface area contributed by atoms with E-state index in [0.29, 0.717) is 12.6 Å². The smallest absolute Gasteiger partial charge is 0.360 e. The molecule has 0 saturated carbocycles. The van der Waals surface area contributed by atoms with Crippen LogP contribution in [0.4, 0.5) is 6.01 Å². The summed E-state index contributed by atoms with van der Waals surface area (Å²) in [4.78, 5) is 17.2. The molecule has 1 aromatic rings. The average molecular weight is 212 g/mol. The number of ether oxygens (including phenoxy) is 1. The predicted octanol–water partition coefficient (Wildman–Crippen LogP) is 1.70. The van der Waals surface area contributed by atoms with Crippen LogP contribution in [0.3, 0.4) is 0 Å². The highest BCUT2D eigenvalue weighted by molar-refractivity contribution is 5.87. The summed E-state index contributed by atoms with van der Waals surface area (Å²) in [6.45, 7) is 6.10. The molecule has 0 radical (unpaired) electrons. The maximum Gasteiger partial charge on any atom is 0.360 e. The first-order valence-corrected chi connectivity index (χ1v) is 4.91. The van der Waals surface area contributed by atoms with Crippen LogP contribution in [0, 0.1) is 0 Å². The van der Waals surface area contributed by atoms with Crippen LogP contribution in [-0.4, -0.2) is 30.6 Å². The predicted molar refractivity (Wildman–Crippen MR) is 56.0 cm³/mol. The number of anilines is 1. The number of hydrogen-bond donors (Lipinski definition) is 0. The molecule has 0 aliphatic carbocycles. The summed E-state index contributed by atoms with van der Waals surface area (Å²) in [5, 5.41) is 0. The SMILES string of the molecule is CCOC(=O)c1coc(N(C)C(C)C)n1. The zero-order valence-corrected chi connectivity index (χ0v) is 9.48. The highest BCUT2D eigenvalue weighted by Crippen LogP contribution is 2.14. The Morgan fingerprint density at radius 3 is 2.87 bits per heavy atom. The average Bonchev–Trinajstić information content (AvgIpc) is 2.65. The lowest BCUT2D eigenvalue weighted by atomic mass is 10.4. The molecule has 0 atom stereocenters. The fourth-order valence-electron chi connectivity index (χ4n) is 0.946. The molecule has 1 heterocycles. The van der Waals surface area contributed by atoms with Crippen LogP contribution in [0.2, 0.25) is 0 Å². The minimum Gasteiger partial charge on any atom is -0.461 e. The summed E-state index contributed by atoms with van der Waals surface area (Å²) in [7, 11) is 1.85. The van der Waals surface area contributed by atoms with Crippen LogP contribution in [-0.2, 0) is 4.74 Å². The van der Waals surface area contributed by atoms with Crippen molar-refractivity contribution in [3.8, 4) is 0 Å². The summed E-state index contributed by atoms with van der Waals surface area (Å²) in [6, 6.07) is 0.687. The van der Waals surface area contributed by atoms with Crippen LogP contribution in [0.5, 0.6) is 0 Å². The third-order valence-corrected chi connectivity index (χ3v) is 2.05. The first-order chi connectivity index (χ1) is 7.06. The Labute approximate surface area is 89.0 Å². The van der Waals surface area contributed by atoms with E-state index in [2.05, 4.69) is 4.98 Å². The number of esters is 1. The molecular formula is C10H16N2O3. The number of carbonyl (C=O) groups excluding carboxylic acids is 1. The van der Waals surface area contributed by atoms with E-state index >= 15 is 0 Å². The lowest BCUT2D eigenvalue weighted by Gasteiger charge is -2.18. The van der Waals surface area contributed by atoms with E-state index in [9.17, 15) is 4.79 Å². The molecule has 0 aliphatic rings. The van der Waals surface area contributed by atoms with Gasteiger partial charge in [0.25, 0.3) is 6.01 Å². The molecule has 0 fully saturated rings. The highest BCUT2D eigenvalue weighted by Gasteiger charge is 2.16. The van der Waals surface area contributed by atoms with Crippen molar-refractivity contribution in [3.05, 3.63) is 12.0 Å². The van der Waals surface area contributed by atoms with Gasteiger partial charge in [-0.25, -0.2) is 4.79 Å². The van der Waals surface area contributed by atoms with Crippen molar-refractivity contribution < 1.29 is 13.9 Å². The number of oxazole rings is 1. The molecule has 5 heteroatoms. The summed E-state index contributed by atoms with van der Waals surface area (Å²) in [5.41, 5.74) is 0.208. The van der Waals surface area contributed by atoms with Crippen LogP contribution >= 0.6 is 0 Å². The normalized spacial score (nSPS) is 10.5. The zero-order chi connectivity index (χ0) is 11.4. The molecule has 0 bridgehead atoms. The third kappa shape index (κ3) is 2.71. The molecule has 0 unspecified atom stereocenters. The third-order valence-electron chi connectivity index (χ3n) is 2.05. The maximum absolute atomic E-state index is 11.3. The van der Waals surface area contributed by atoms with E-state index in [0.717, 1.165) is 0 Å². The van der Waals surface area contributed by atoms with Crippen LogP contribution < -0.4 is 4.90 Å². The maximum atomic E-state index is 11.3. The van der Waals surface area contributed by atoms with E-state index in [-0.39, 0.29) is 11.7 Å². The standard InChI is InChI=1S/C10H16N2O3/c1-5-14-9(13)8-6-15-10(11-8)12(4)7(2)3/h6-7H,5H2,1-4H3. The van der Waals surface area contributed by atoms with Gasteiger partial charge in [0, 0.05) is 13.1 Å². The Morgan fingerprint density at radius 1 is 1.67 bits per heavy atom. The lowest BCUT2D eigenvalue weighted by Crippen LogP contribution is -2.25. The van der Waals surface area contributed by atoms with Gasteiger partial charge in [-0.2, -0.15) is 4.98 Å². The minimum atomic E-state index is -0.454. The topological polar surface area (TPSA) is 55.6 Å². The van der Waals surface area contributed by atoms with Gasteiger partial charge in [-0.05, 0) is 20.8 Å². The van der Waals surface area contributed by atoms with Gasteiger partial charge in [-0.15, -0.1) is 0 Å². The Balaban J connectivity index is 2.76. The Kier molecular flexibility index (Phi) is 3.71.